The highest BCUT2D eigenvalue weighted by atomic mass is 35.5. The Hall–Kier alpha value is -1.37. The molecule has 0 aliphatic heterocycles. The summed E-state index contributed by atoms with van der Waals surface area (Å²) in [4.78, 5) is 14.1. The molecule has 128 valence electrons. The molecule has 0 fully saturated rings. The lowest BCUT2D eigenvalue weighted by Gasteiger charge is -2.29. The second kappa shape index (κ2) is 8.14. The lowest BCUT2D eigenvalue weighted by Crippen LogP contribution is -2.49. The van der Waals surface area contributed by atoms with Crippen molar-refractivity contribution in [2.45, 2.75) is 17.7 Å². The van der Waals surface area contributed by atoms with Crippen molar-refractivity contribution in [3.63, 3.8) is 0 Å². The highest BCUT2D eigenvalue weighted by molar-refractivity contribution is 6.36. The van der Waals surface area contributed by atoms with E-state index in [9.17, 15) is 4.79 Å². The van der Waals surface area contributed by atoms with Crippen LogP contribution in [0.15, 0.2) is 42.6 Å². The van der Waals surface area contributed by atoms with E-state index >= 15 is 0 Å². The van der Waals surface area contributed by atoms with Crippen molar-refractivity contribution in [2.75, 3.05) is 7.11 Å². The third-order valence-corrected chi connectivity index (χ3v) is 4.35. The predicted molar refractivity (Wildman–Crippen MR) is 93.0 cm³/mol. The number of hydrogen-bond acceptors (Lipinski definition) is 5. The van der Waals surface area contributed by atoms with Gasteiger partial charge in [0.2, 0.25) is 5.00 Å². The Balaban J connectivity index is 2.32. The topological polar surface area (TPSA) is 74.4 Å². The van der Waals surface area contributed by atoms with Crippen LogP contribution in [0.1, 0.15) is 17.4 Å². The zero-order valence-electron chi connectivity index (χ0n) is 12.7. The molecule has 0 radical (unpaired) electrons. The molecule has 2 rings (SSSR count). The number of rotatable bonds is 6. The van der Waals surface area contributed by atoms with E-state index in [-0.39, 0.29) is 6.61 Å². The first-order valence-corrected chi connectivity index (χ1v) is 8.03. The number of halogens is 3. The van der Waals surface area contributed by atoms with Gasteiger partial charge in [-0.2, -0.15) is 0 Å². The molecule has 0 aliphatic carbocycles. The van der Waals surface area contributed by atoms with Gasteiger partial charge in [-0.3, -0.25) is 4.98 Å². The summed E-state index contributed by atoms with van der Waals surface area (Å²) >= 11 is 18.5. The quantitative estimate of drug-likeness (QED) is 0.463. The Morgan fingerprint density at radius 1 is 1.25 bits per heavy atom. The van der Waals surface area contributed by atoms with E-state index in [4.69, 9.17) is 45.3 Å². The summed E-state index contributed by atoms with van der Waals surface area (Å²) in [5.74, 6) is -0.843. The number of esters is 1. The Labute approximate surface area is 154 Å². The molecule has 0 bridgehead atoms. The van der Waals surface area contributed by atoms with E-state index in [1.54, 1.807) is 42.6 Å². The lowest BCUT2D eigenvalue weighted by atomic mass is 10.1. The lowest BCUT2D eigenvalue weighted by molar-refractivity contribution is -0.149. The molecule has 1 aromatic heterocycles. The van der Waals surface area contributed by atoms with E-state index in [1.807, 2.05) is 0 Å². The monoisotopic (exact) mass is 388 g/mol. The van der Waals surface area contributed by atoms with E-state index < -0.39 is 17.1 Å². The van der Waals surface area contributed by atoms with E-state index in [1.165, 1.54) is 7.11 Å². The van der Waals surface area contributed by atoms with Crippen LogP contribution in [-0.2, 0) is 20.9 Å². The van der Waals surface area contributed by atoms with Crippen LogP contribution in [0.4, 0.5) is 0 Å². The second-order valence-corrected chi connectivity index (χ2v) is 6.35. The number of benzene rings is 1. The van der Waals surface area contributed by atoms with Crippen molar-refractivity contribution < 1.29 is 14.3 Å². The molecule has 0 amide bonds. The number of carbonyl (C=O) groups excluding carboxylic acids is 1. The Kier molecular flexibility index (Phi) is 6.43. The van der Waals surface area contributed by atoms with E-state index in [0.29, 0.717) is 21.3 Å². The minimum absolute atomic E-state index is 0.0115. The minimum atomic E-state index is -1.96. The second-order valence-electron chi connectivity index (χ2n) is 4.91. The summed E-state index contributed by atoms with van der Waals surface area (Å²) < 4.78 is 10.4. The first kappa shape index (κ1) is 19.0. The summed E-state index contributed by atoms with van der Waals surface area (Å²) in [5, 5.41) is 0.857. The fraction of sp³-hybridized carbons (Fsp3) is 0.250. The van der Waals surface area contributed by atoms with Gasteiger partial charge in [0, 0.05) is 21.8 Å². The van der Waals surface area contributed by atoms with Crippen molar-refractivity contribution in [3.8, 4) is 0 Å². The molecule has 2 atom stereocenters. The molecule has 1 aromatic carbocycles. The van der Waals surface area contributed by atoms with E-state index in [2.05, 4.69) is 9.72 Å². The number of pyridine rings is 1. The number of nitrogens with two attached hydrogens (primary N) is 1. The maximum absolute atomic E-state index is 12.0. The number of carbonyl (C=O) groups is 1. The number of hydrogen-bond donors (Lipinski definition) is 1. The average molecular weight is 390 g/mol. The van der Waals surface area contributed by atoms with Crippen LogP contribution >= 0.6 is 34.8 Å². The zero-order chi connectivity index (χ0) is 17.7. The third kappa shape index (κ3) is 4.18. The number of methoxy groups -OCH3 is 1. The van der Waals surface area contributed by atoms with Crippen LogP contribution in [0.3, 0.4) is 0 Å². The third-order valence-electron chi connectivity index (χ3n) is 3.29. The molecule has 24 heavy (non-hydrogen) atoms. The summed E-state index contributed by atoms with van der Waals surface area (Å²) in [5.41, 5.74) is 6.88. The van der Waals surface area contributed by atoms with Crippen LogP contribution < -0.4 is 5.73 Å². The largest absolute Gasteiger partial charge is 0.467 e. The van der Waals surface area contributed by atoms with Gasteiger partial charge in [-0.1, -0.05) is 46.9 Å². The molecule has 2 unspecified atom stereocenters. The van der Waals surface area contributed by atoms with Gasteiger partial charge in [-0.05, 0) is 24.3 Å². The summed E-state index contributed by atoms with van der Waals surface area (Å²) in [6.45, 7) is -0.0115. The molecule has 8 heteroatoms. The van der Waals surface area contributed by atoms with Crippen molar-refractivity contribution in [1.29, 1.82) is 0 Å². The predicted octanol–water partition coefficient (Wildman–Crippen LogP) is 3.71. The van der Waals surface area contributed by atoms with Crippen LogP contribution in [0.2, 0.25) is 10.0 Å². The van der Waals surface area contributed by atoms with Gasteiger partial charge in [0.1, 0.15) is 6.10 Å². The number of alkyl halides is 1. The van der Waals surface area contributed by atoms with Crippen molar-refractivity contribution in [2.24, 2.45) is 5.73 Å². The molecule has 2 N–H and O–H groups in total. The van der Waals surface area contributed by atoms with Crippen LogP contribution in [-0.4, -0.2) is 23.1 Å². The minimum Gasteiger partial charge on any atom is -0.467 e. The molecule has 1 heterocycles. The highest BCUT2D eigenvalue weighted by Crippen LogP contribution is 2.34. The van der Waals surface area contributed by atoms with Crippen LogP contribution in [0, 0.1) is 0 Å². The van der Waals surface area contributed by atoms with Gasteiger partial charge >= 0.3 is 5.97 Å². The molecule has 0 spiro atoms. The molecule has 5 nitrogen and oxygen atoms in total. The zero-order valence-corrected chi connectivity index (χ0v) is 15.0. The Morgan fingerprint density at radius 3 is 2.46 bits per heavy atom. The van der Waals surface area contributed by atoms with Crippen LogP contribution in [0.25, 0.3) is 0 Å². The van der Waals surface area contributed by atoms with Crippen LogP contribution in [0.5, 0.6) is 0 Å². The summed E-state index contributed by atoms with van der Waals surface area (Å²) in [7, 11) is 1.19. The normalized spacial score (nSPS) is 14.7. The van der Waals surface area contributed by atoms with Crippen molar-refractivity contribution in [3.05, 3.63) is 63.9 Å². The SMILES string of the molecule is COC(=O)C(N)(Cl)C(OCc1c(Cl)cccc1Cl)c1ccccn1. The fourth-order valence-electron chi connectivity index (χ4n) is 2.05. The number of nitrogens with zero attached hydrogens (tertiary/aromatic N) is 1. The Bertz CT molecular complexity index is 691. The molecule has 0 saturated heterocycles. The average Bonchev–Trinajstić information content (AvgIpc) is 2.57. The van der Waals surface area contributed by atoms with Gasteiger partial charge in [0.15, 0.2) is 0 Å². The summed E-state index contributed by atoms with van der Waals surface area (Å²) in [6, 6.07) is 10.2. The van der Waals surface area contributed by atoms with Gasteiger partial charge in [0.25, 0.3) is 0 Å². The van der Waals surface area contributed by atoms with Crippen molar-refractivity contribution in [1.82, 2.24) is 4.98 Å². The Morgan fingerprint density at radius 2 is 1.92 bits per heavy atom. The maximum Gasteiger partial charge on any atom is 0.344 e. The molecule has 0 aliphatic rings. The molecular formula is C16H15Cl3N2O3. The number of ether oxygens (including phenoxy) is 2. The number of aromatic nitrogens is 1. The van der Waals surface area contributed by atoms with Crippen molar-refractivity contribution >= 4 is 40.8 Å². The van der Waals surface area contributed by atoms with Gasteiger partial charge in [0.05, 0.1) is 19.4 Å². The fourth-order valence-corrected chi connectivity index (χ4v) is 2.81. The molecule has 2 aromatic rings. The summed E-state index contributed by atoms with van der Waals surface area (Å²) in [6.07, 6.45) is 0.471. The smallest absolute Gasteiger partial charge is 0.344 e. The van der Waals surface area contributed by atoms with Gasteiger partial charge in [-0.15, -0.1) is 0 Å². The first-order valence-electron chi connectivity index (χ1n) is 6.89. The molecular weight excluding hydrogens is 375 g/mol. The van der Waals surface area contributed by atoms with E-state index in [0.717, 1.165) is 0 Å². The first-order chi connectivity index (χ1) is 11.4. The standard InChI is InChI=1S/C16H15Cl3N2O3/c1-23-15(22)16(19,20)14(13-7-2-3-8-21-13)24-9-10-11(17)5-4-6-12(10)18/h2-8,14H,9,20H2,1H3. The highest BCUT2D eigenvalue weighted by Gasteiger charge is 2.44. The maximum atomic E-state index is 12.0. The van der Waals surface area contributed by atoms with Gasteiger partial charge < -0.3 is 15.2 Å². The molecule has 0 saturated carbocycles. The van der Waals surface area contributed by atoms with Gasteiger partial charge in [-0.25, -0.2) is 4.79 Å².